The smallest absolute Gasteiger partial charge is 0.246 e. The molecule has 0 aromatic rings. The maximum Gasteiger partial charge on any atom is 0.246 e. The fourth-order valence-electron chi connectivity index (χ4n) is 18.1. The van der Waals surface area contributed by atoms with Crippen molar-refractivity contribution in [3.63, 3.8) is 0 Å². The number of nitrogens with zero attached hydrogens (tertiary/aromatic N) is 5. The van der Waals surface area contributed by atoms with Gasteiger partial charge in [-0.15, -0.1) is 0 Å². The van der Waals surface area contributed by atoms with Gasteiger partial charge in [-0.2, -0.15) is 0 Å². The van der Waals surface area contributed by atoms with E-state index in [2.05, 4.69) is 99.5 Å². The average molecular weight is 2080 g/mol. The molecule has 0 saturated carbocycles. The van der Waals surface area contributed by atoms with Crippen LogP contribution in [0.1, 0.15) is 416 Å². The van der Waals surface area contributed by atoms with Gasteiger partial charge in [-0.3, -0.25) is 86.9 Å². The standard InChI is InChI=1S/C56H111N7O5.C50H91N19O10/c1-4-7-10-13-15-17-19-21-23-25-27-29-31-43-52(64)59-47-39-35-42-50(61-53(65)44-32-30-28-26-24-22-20-18-16-14-11-8-5-2)55(67)63-51(41-34-37-46-58)56(68)62-49(40-33-36-45-57)54(66)60-48-38-12-9-6-3;1-9-28(6)38(62-30(8)70)45(77)64-31(15-10-20-58-48(52)53)41(73)63-32(16-11-21-59-49(54)55)42(74)67-37(27(4)5)44(76)61-29(7)40(72)65-33(17-12-22-60-50(56)57)46(78)69-24-14-19-36(69)47(79)68-23-13-18-35(68)43(75)66-34(39(51)71)25-26(2)3/h49-51H,4-48,57-58H2,1-3H3,(H,59,64)(H,60,66)(H,61,65)(H,62,68)(H,63,67);26-29,31-38H,9-25H2,1-8H3,(H2,51,71)(H,61,76)(H,62,70)(H,63,73)(H,64,77)(H,65,72)(H,66,75)(H,67,74)(H4,52,53,58)(H4,54,55,59)(H4,56,57,60)/t49-,50-,51-;28?,29-,31-,32-,33-,34-,35?,36?,37-,38-/m00/s1. The summed E-state index contributed by atoms with van der Waals surface area (Å²) in [7, 11) is 0. The summed E-state index contributed by atoms with van der Waals surface area (Å²) < 4.78 is 0. The van der Waals surface area contributed by atoms with E-state index < -0.39 is 149 Å². The lowest BCUT2D eigenvalue weighted by Crippen LogP contribution is -2.61. The van der Waals surface area contributed by atoms with Crippen LogP contribution in [0.25, 0.3) is 0 Å². The number of nitrogens with one attached hydrogen (secondary N) is 12. The Morgan fingerprint density at radius 1 is 0.327 bits per heavy atom. The molecule has 2 aliphatic rings. The fourth-order valence-corrected chi connectivity index (χ4v) is 18.1. The first-order valence-corrected chi connectivity index (χ1v) is 56.3. The van der Waals surface area contributed by atoms with Gasteiger partial charge in [0.15, 0.2) is 17.9 Å². The van der Waals surface area contributed by atoms with Crippen LogP contribution >= 0.6 is 0 Å². The van der Waals surface area contributed by atoms with Gasteiger partial charge in [0.1, 0.15) is 72.5 Å². The fraction of sp³-hybridized carbons (Fsp3) is 0.830. The van der Waals surface area contributed by atoms with E-state index in [-0.39, 0.29) is 125 Å². The number of unbranched alkanes of at least 4 members (excludes halogenated alkanes) is 30. The predicted octanol–water partition coefficient (Wildman–Crippen LogP) is 7.44. The minimum absolute atomic E-state index is 0.0133. The number of hydrogen-bond acceptors (Lipinski definition) is 20. The maximum absolute atomic E-state index is 14.5. The molecule has 147 heavy (non-hydrogen) atoms. The Kier molecular flexibility index (Phi) is 76.6. The summed E-state index contributed by atoms with van der Waals surface area (Å²) in [5, 5.41) is 33.7. The van der Waals surface area contributed by atoms with Gasteiger partial charge in [0.2, 0.25) is 88.6 Å². The molecule has 2 saturated heterocycles. The van der Waals surface area contributed by atoms with E-state index in [1.165, 1.54) is 158 Å². The minimum Gasteiger partial charge on any atom is -0.370 e. The van der Waals surface area contributed by atoms with Gasteiger partial charge in [-0.1, -0.05) is 242 Å². The van der Waals surface area contributed by atoms with E-state index in [1.54, 1.807) is 20.8 Å². The number of hydrogen-bond donors (Lipinski definition) is 21. The molecule has 15 amide bonds. The molecule has 13 atom stereocenters. The van der Waals surface area contributed by atoms with E-state index in [9.17, 15) is 71.9 Å². The molecular formula is C106H202N26O15. The molecule has 0 aromatic heterocycles. The Bertz CT molecular complexity index is 3850. The summed E-state index contributed by atoms with van der Waals surface area (Å²) in [6, 6.07) is -12.6. The Hall–Kier alpha value is -10.2. The topological polar surface area (TPSA) is 678 Å². The van der Waals surface area contributed by atoms with Crippen LogP contribution in [0.5, 0.6) is 0 Å². The molecule has 2 rings (SSSR count). The van der Waals surface area contributed by atoms with E-state index in [0.717, 1.165) is 64.2 Å². The van der Waals surface area contributed by atoms with E-state index in [4.69, 9.17) is 51.6 Å². The third-order valence-corrected chi connectivity index (χ3v) is 27.0. The first-order chi connectivity index (χ1) is 70.3. The second-order valence-electron chi connectivity index (χ2n) is 41.0. The van der Waals surface area contributed by atoms with Crippen LogP contribution in [0.15, 0.2) is 15.0 Å². The highest BCUT2D eigenvalue weighted by atomic mass is 16.2. The van der Waals surface area contributed by atoms with Gasteiger partial charge in [-0.05, 0) is 185 Å². The second kappa shape index (κ2) is 83.6. The van der Waals surface area contributed by atoms with Crippen LogP contribution in [0.2, 0.25) is 0 Å². The molecule has 0 aliphatic carbocycles. The lowest BCUT2D eigenvalue weighted by Gasteiger charge is -2.33. The van der Waals surface area contributed by atoms with E-state index in [0.29, 0.717) is 122 Å². The molecule has 30 N–H and O–H groups in total. The van der Waals surface area contributed by atoms with Crippen LogP contribution in [0.4, 0.5) is 0 Å². The monoisotopic (exact) mass is 2080 g/mol. The molecule has 0 bridgehead atoms. The number of carbonyl (C=O) groups is 15. The van der Waals surface area contributed by atoms with Gasteiger partial charge >= 0.3 is 0 Å². The molecule has 0 radical (unpaired) electrons. The third-order valence-electron chi connectivity index (χ3n) is 27.0. The van der Waals surface area contributed by atoms with Crippen LogP contribution in [-0.2, 0) is 71.9 Å². The molecule has 2 fully saturated rings. The zero-order valence-corrected chi connectivity index (χ0v) is 92.1. The number of guanidine groups is 3. The number of likely N-dealkylation sites (tertiary alicyclic amines) is 2. The van der Waals surface area contributed by atoms with E-state index >= 15 is 0 Å². The second-order valence-corrected chi connectivity index (χ2v) is 41.0. The van der Waals surface area contributed by atoms with Crippen molar-refractivity contribution in [2.24, 2.45) is 84.3 Å². The quantitative estimate of drug-likeness (QED) is 0.0160. The highest BCUT2D eigenvalue weighted by Crippen LogP contribution is 2.28. The number of carbonyl (C=O) groups excluding carboxylic acids is 15. The Morgan fingerprint density at radius 3 is 1.10 bits per heavy atom. The molecule has 41 nitrogen and oxygen atoms in total. The minimum atomic E-state index is -1.32. The Labute approximate surface area is 879 Å². The van der Waals surface area contributed by atoms with Crippen LogP contribution in [0.3, 0.4) is 0 Å². The predicted molar refractivity (Wildman–Crippen MR) is 583 cm³/mol. The zero-order valence-electron chi connectivity index (χ0n) is 92.1. The SMILES string of the molecule is CCC(C)[C@H](NC(C)=O)C(=O)N[C@@H](CCCN=C(N)N)C(=O)N[C@@H](CCCN=C(N)N)C(=O)N[C@H](C(=O)N[C@@H](C)C(=O)N[C@@H](CCCN=C(N)N)C(=O)N1CCCC1C(=O)N1CCCC1C(=O)N[C@@H](CC(C)C)C(N)=O)C(C)C.CCCCCCCCCCCCCCCC(=O)NCCCC[C@H](NC(=O)CCCCCCCCCCCCCCC)C(=O)N[C@@H](CCCCN)C(=O)N[C@@H](CCCCN)C(=O)NCCCCCC. The lowest BCUT2D eigenvalue weighted by molar-refractivity contribution is -0.148. The molecule has 3 unspecified atom stereocenters. The highest BCUT2D eigenvalue weighted by molar-refractivity contribution is 6.00. The summed E-state index contributed by atoms with van der Waals surface area (Å²) >= 11 is 0. The number of aliphatic imine (C=N–C) groups is 3. The highest BCUT2D eigenvalue weighted by Gasteiger charge is 2.45. The van der Waals surface area contributed by atoms with Gasteiger partial charge in [0.25, 0.3) is 0 Å². The molecule has 0 spiro atoms. The summed E-state index contributed by atoms with van der Waals surface area (Å²) in [4.78, 5) is 218. The molecular weight excluding hydrogens is 1880 g/mol. The molecule has 41 heteroatoms. The Balaban J connectivity index is 0.00000149. The third kappa shape index (κ3) is 63.4. The van der Waals surface area contributed by atoms with Gasteiger partial charge in [0, 0.05) is 65.6 Å². The van der Waals surface area contributed by atoms with Crippen molar-refractivity contribution in [2.45, 2.75) is 489 Å². The summed E-state index contributed by atoms with van der Waals surface area (Å²) in [5.74, 6) is -9.08. The molecule has 2 aliphatic heterocycles. The molecule has 2 heterocycles. The van der Waals surface area contributed by atoms with Crippen molar-refractivity contribution in [1.82, 2.24) is 73.6 Å². The molecule has 846 valence electrons. The first-order valence-electron chi connectivity index (χ1n) is 56.3. The normalized spacial score (nSPS) is 15.5. The van der Waals surface area contributed by atoms with Gasteiger partial charge < -0.3 is 125 Å². The summed E-state index contributed by atoms with van der Waals surface area (Å²) in [5.41, 5.74) is 50.3. The van der Waals surface area contributed by atoms with Crippen LogP contribution < -0.4 is 115 Å². The zero-order chi connectivity index (χ0) is 110. The molecule has 0 aromatic carbocycles. The summed E-state index contributed by atoms with van der Waals surface area (Å²) in [6.45, 7) is 22.7. The number of rotatable bonds is 85. The van der Waals surface area contributed by atoms with Crippen molar-refractivity contribution >= 4 is 106 Å². The number of nitrogens with two attached hydrogens (primary N) is 9. The van der Waals surface area contributed by atoms with Crippen LogP contribution in [0, 0.1) is 17.8 Å². The van der Waals surface area contributed by atoms with Crippen molar-refractivity contribution in [3.05, 3.63) is 0 Å². The van der Waals surface area contributed by atoms with Crippen molar-refractivity contribution in [3.8, 4) is 0 Å². The Morgan fingerprint density at radius 2 is 0.680 bits per heavy atom. The van der Waals surface area contributed by atoms with Crippen LogP contribution in [-0.4, -0.2) is 248 Å². The average Bonchev–Trinajstić information content (AvgIpc) is 1.64. The largest absolute Gasteiger partial charge is 0.370 e. The van der Waals surface area contributed by atoms with Crippen molar-refractivity contribution < 1.29 is 71.9 Å². The summed E-state index contributed by atoms with van der Waals surface area (Å²) in [6.07, 6.45) is 45.6. The number of amides is 15. The first kappa shape index (κ1) is 135. The van der Waals surface area contributed by atoms with E-state index in [1.807, 2.05) is 20.8 Å². The maximum atomic E-state index is 14.5. The van der Waals surface area contributed by atoms with Crippen molar-refractivity contribution in [1.29, 1.82) is 0 Å². The number of primary amides is 1. The van der Waals surface area contributed by atoms with Gasteiger partial charge in [0.05, 0.1) is 0 Å². The van der Waals surface area contributed by atoms with Gasteiger partial charge in [-0.25, -0.2) is 0 Å². The lowest BCUT2D eigenvalue weighted by atomic mass is 9.97. The van der Waals surface area contributed by atoms with Crippen molar-refractivity contribution in [2.75, 3.05) is 58.9 Å².